The predicted octanol–water partition coefficient (Wildman–Crippen LogP) is 3.66. The molecule has 0 radical (unpaired) electrons. The fourth-order valence-electron chi connectivity index (χ4n) is 3.40. The standard InChI is InChI=1S/C18H20N4OS/c1-11-5-3-7-14-16(11)21-17(20-14)13-6-4-8-22(9-13)18(23)15-10-24-12(2)19-15/h3,5,7,10,13H,4,6,8-9H2,1-2H3,(H,20,21)/t13-/m1/s1. The number of nitrogens with one attached hydrogen (secondary N) is 1. The van der Waals surface area contributed by atoms with Gasteiger partial charge in [-0.1, -0.05) is 12.1 Å². The number of fused-ring (bicyclic) bond motifs is 1. The lowest BCUT2D eigenvalue weighted by Crippen LogP contribution is -2.39. The average Bonchev–Trinajstić information content (AvgIpc) is 3.21. The molecule has 0 bridgehead atoms. The van der Waals surface area contributed by atoms with Crippen molar-refractivity contribution in [2.24, 2.45) is 0 Å². The molecule has 2 aromatic heterocycles. The van der Waals surface area contributed by atoms with E-state index in [0.717, 1.165) is 41.3 Å². The van der Waals surface area contributed by atoms with Crippen LogP contribution in [0.15, 0.2) is 23.6 Å². The second-order valence-corrected chi connectivity index (χ2v) is 7.50. The zero-order chi connectivity index (χ0) is 16.7. The monoisotopic (exact) mass is 340 g/mol. The minimum absolute atomic E-state index is 0.0383. The lowest BCUT2D eigenvalue weighted by atomic mass is 9.97. The maximum atomic E-state index is 12.7. The summed E-state index contributed by atoms with van der Waals surface area (Å²) in [5.41, 5.74) is 3.85. The molecule has 3 heterocycles. The van der Waals surface area contributed by atoms with E-state index in [1.54, 1.807) is 0 Å². The molecule has 1 N–H and O–H groups in total. The molecule has 6 heteroatoms. The number of H-pyrrole nitrogens is 1. The van der Waals surface area contributed by atoms with Crippen molar-refractivity contribution in [3.8, 4) is 0 Å². The average molecular weight is 340 g/mol. The van der Waals surface area contributed by atoms with Gasteiger partial charge < -0.3 is 9.88 Å². The van der Waals surface area contributed by atoms with Gasteiger partial charge in [0.25, 0.3) is 5.91 Å². The number of para-hydroxylation sites is 1. The van der Waals surface area contributed by atoms with Crippen molar-refractivity contribution >= 4 is 28.3 Å². The molecule has 1 saturated heterocycles. The van der Waals surface area contributed by atoms with Crippen LogP contribution < -0.4 is 0 Å². The number of aromatic nitrogens is 3. The van der Waals surface area contributed by atoms with Crippen LogP contribution in [0.25, 0.3) is 11.0 Å². The summed E-state index contributed by atoms with van der Waals surface area (Å²) < 4.78 is 0. The fraction of sp³-hybridized carbons (Fsp3) is 0.389. The SMILES string of the molecule is Cc1nc(C(=O)N2CCC[C@@H](c3nc4c(C)cccc4[nH]3)C2)cs1. The van der Waals surface area contributed by atoms with Crippen molar-refractivity contribution in [1.29, 1.82) is 0 Å². The molecule has 1 amide bonds. The number of imidazole rings is 1. The zero-order valence-corrected chi connectivity index (χ0v) is 14.7. The highest BCUT2D eigenvalue weighted by atomic mass is 32.1. The highest BCUT2D eigenvalue weighted by Gasteiger charge is 2.28. The van der Waals surface area contributed by atoms with Crippen molar-refractivity contribution in [2.45, 2.75) is 32.6 Å². The van der Waals surface area contributed by atoms with Gasteiger partial charge in [-0.2, -0.15) is 0 Å². The first-order chi connectivity index (χ1) is 11.6. The van der Waals surface area contributed by atoms with E-state index in [0.29, 0.717) is 12.2 Å². The van der Waals surface area contributed by atoms with E-state index >= 15 is 0 Å². The maximum absolute atomic E-state index is 12.7. The van der Waals surface area contributed by atoms with E-state index in [2.05, 4.69) is 29.0 Å². The number of amides is 1. The van der Waals surface area contributed by atoms with Crippen molar-refractivity contribution < 1.29 is 4.79 Å². The van der Waals surface area contributed by atoms with Crippen LogP contribution in [0.4, 0.5) is 0 Å². The summed E-state index contributed by atoms with van der Waals surface area (Å²) in [6, 6.07) is 6.18. The van der Waals surface area contributed by atoms with Gasteiger partial charge in [-0.05, 0) is 38.3 Å². The fourth-order valence-corrected chi connectivity index (χ4v) is 3.98. The Morgan fingerprint density at radius 2 is 2.21 bits per heavy atom. The normalized spacial score (nSPS) is 18.2. The third-order valence-electron chi connectivity index (χ3n) is 4.67. The number of benzene rings is 1. The number of aryl methyl sites for hydroxylation is 2. The molecular weight excluding hydrogens is 320 g/mol. The molecule has 1 atom stereocenters. The van der Waals surface area contributed by atoms with Crippen LogP contribution in [0.2, 0.25) is 0 Å². The van der Waals surface area contributed by atoms with Crippen LogP contribution in [0, 0.1) is 13.8 Å². The molecule has 24 heavy (non-hydrogen) atoms. The molecule has 5 nitrogen and oxygen atoms in total. The van der Waals surface area contributed by atoms with Crippen LogP contribution >= 0.6 is 11.3 Å². The predicted molar refractivity (Wildman–Crippen MR) is 95.6 cm³/mol. The molecule has 1 aliphatic heterocycles. The summed E-state index contributed by atoms with van der Waals surface area (Å²) in [5, 5.41) is 2.78. The van der Waals surface area contributed by atoms with Gasteiger partial charge in [0.1, 0.15) is 11.5 Å². The maximum Gasteiger partial charge on any atom is 0.273 e. The molecule has 0 spiro atoms. The van der Waals surface area contributed by atoms with Crippen LogP contribution in [0.5, 0.6) is 0 Å². The van der Waals surface area contributed by atoms with Crippen molar-refractivity contribution in [3.05, 3.63) is 45.7 Å². The Morgan fingerprint density at radius 1 is 1.33 bits per heavy atom. The first kappa shape index (κ1) is 15.3. The molecular formula is C18H20N4OS. The Morgan fingerprint density at radius 3 is 2.96 bits per heavy atom. The van der Waals surface area contributed by atoms with Gasteiger partial charge in [-0.3, -0.25) is 4.79 Å². The number of nitrogens with zero attached hydrogens (tertiary/aromatic N) is 3. The highest BCUT2D eigenvalue weighted by Crippen LogP contribution is 2.28. The zero-order valence-electron chi connectivity index (χ0n) is 13.9. The number of aromatic amines is 1. The van der Waals surface area contributed by atoms with Crippen LogP contribution in [0.3, 0.4) is 0 Å². The molecule has 1 fully saturated rings. The molecule has 3 aromatic rings. The van der Waals surface area contributed by atoms with Crippen LogP contribution in [-0.4, -0.2) is 38.8 Å². The van der Waals surface area contributed by atoms with Gasteiger partial charge in [0.2, 0.25) is 0 Å². The summed E-state index contributed by atoms with van der Waals surface area (Å²) in [4.78, 5) is 27.2. The smallest absolute Gasteiger partial charge is 0.273 e. The summed E-state index contributed by atoms with van der Waals surface area (Å²) in [6.45, 7) is 5.50. The number of carbonyl (C=O) groups excluding carboxylic acids is 1. The molecule has 4 rings (SSSR count). The Kier molecular flexibility index (Phi) is 3.84. The Balaban J connectivity index is 1.57. The first-order valence-corrected chi connectivity index (χ1v) is 9.16. The molecule has 1 aromatic carbocycles. The van der Waals surface area contributed by atoms with Crippen LogP contribution in [0.1, 0.15) is 45.6 Å². The van der Waals surface area contributed by atoms with Crippen LogP contribution in [-0.2, 0) is 0 Å². The van der Waals surface area contributed by atoms with Gasteiger partial charge in [-0.15, -0.1) is 11.3 Å². The third-order valence-corrected chi connectivity index (χ3v) is 5.44. The summed E-state index contributed by atoms with van der Waals surface area (Å²) in [7, 11) is 0. The summed E-state index contributed by atoms with van der Waals surface area (Å²) in [5.74, 6) is 1.29. The quantitative estimate of drug-likeness (QED) is 0.774. The largest absolute Gasteiger partial charge is 0.342 e. The van der Waals surface area contributed by atoms with Gasteiger partial charge in [0.15, 0.2) is 0 Å². The lowest BCUT2D eigenvalue weighted by Gasteiger charge is -2.31. The minimum atomic E-state index is 0.0383. The van der Waals surface area contributed by atoms with E-state index < -0.39 is 0 Å². The topological polar surface area (TPSA) is 61.9 Å². The molecule has 124 valence electrons. The number of likely N-dealkylation sites (tertiary alicyclic amines) is 1. The van der Waals surface area contributed by atoms with Crippen molar-refractivity contribution in [1.82, 2.24) is 19.9 Å². The summed E-state index contributed by atoms with van der Waals surface area (Å²) in [6.07, 6.45) is 2.05. The third kappa shape index (κ3) is 2.71. The van der Waals surface area contributed by atoms with E-state index in [9.17, 15) is 4.79 Å². The van der Waals surface area contributed by atoms with Gasteiger partial charge in [0, 0.05) is 24.4 Å². The van der Waals surface area contributed by atoms with Crippen molar-refractivity contribution in [3.63, 3.8) is 0 Å². The number of carbonyl (C=O) groups is 1. The Bertz CT molecular complexity index is 897. The minimum Gasteiger partial charge on any atom is -0.342 e. The lowest BCUT2D eigenvalue weighted by molar-refractivity contribution is 0.0699. The number of piperidine rings is 1. The molecule has 0 saturated carbocycles. The van der Waals surface area contributed by atoms with E-state index in [1.165, 1.54) is 16.9 Å². The molecule has 1 aliphatic rings. The van der Waals surface area contributed by atoms with E-state index in [4.69, 9.17) is 4.98 Å². The van der Waals surface area contributed by atoms with Gasteiger partial charge in [-0.25, -0.2) is 9.97 Å². The number of rotatable bonds is 2. The van der Waals surface area contributed by atoms with E-state index in [1.807, 2.05) is 23.3 Å². The second kappa shape index (κ2) is 6.02. The number of hydrogen-bond donors (Lipinski definition) is 1. The number of thiazole rings is 1. The summed E-state index contributed by atoms with van der Waals surface area (Å²) >= 11 is 1.52. The Labute approximate surface area is 144 Å². The Hall–Kier alpha value is -2.21. The first-order valence-electron chi connectivity index (χ1n) is 8.28. The highest BCUT2D eigenvalue weighted by molar-refractivity contribution is 7.09. The van der Waals surface area contributed by atoms with Gasteiger partial charge >= 0.3 is 0 Å². The molecule has 0 aliphatic carbocycles. The second-order valence-electron chi connectivity index (χ2n) is 6.44. The van der Waals surface area contributed by atoms with Crippen molar-refractivity contribution in [2.75, 3.05) is 13.1 Å². The number of hydrogen-bond acceptors (Lipinski definition) is 4. The van der Waals surface area contributed by atoms with Gasteiger partial charge in [0.05, 0.1) is 16.0 Å². The molecule has 0 unspecified atom stereocenters. The van der Waals surface area contributed by atoms with E-state index in [-0.39, 0.29) is 11.8 Å².